The zero-order valence-corrected chi connectivity index (χ0v) is 17.0. The van der Waals surface area contributed by atoms with Crippen molar-refractivity contribution in [1.82, 2.24) is 4.98 Å². The summed E-state index contributed by atoms with van der Waals surface area (Å²) in [6.07, 6.45) is -0.997. The highest BCUT2D eigenvalue weighted by molar-refractivity contribution is 6.05. The van der Waals surface area contributed by atoms with E-state index in [0.29, 0.717) is 33.9 Å². The zero-order valence-electron chi connectivity index (χ0n) is 17.0. The molecule has 1 aromatic heterocycles. The molecule has 1 unspecified atom stereocenters. The fourth-order valence-electron chi connectivity index (χ4n) is 3.18. The largest absolute Gasteiger partial charge is 0.493 e. The van der Waals surface area contributed by atoms with Crippen molar-refractivity contribution in [3.63, 3.8) is 0 Å². The fraction of sp³-hybridized carbons (Fsp3) is 0.381. The van der Waals surface area contributed by atoms with E-state index in [1.807, 2.05) is 0 Å². The molecule has 0 bridgehead atoms. The smallest absolute Gasteiger partial charge is 0.310 e. The Morgan fingerprint density at radius 1 is 1.07 bits per heavy atom. The summed E-state index contributed by atoms with van der Waals surface area (Å²) < 4.78 is 15.7. The van der Waals surface area contributed by atoms with Gasteiger partial charge in [0.2, 0.25) is 5.78 Å². The number of carbonyl (C=O) groups excluding carboxylic acids is 3. The van der Waals surface area contributed by atoms with E-state index in [1.54, 1.807) is 32.0 Å². The summed E-state index contributed by atoms with van der Waals surface area (Å²) in [5.74, 6) is 0.0196. The Hall–Kier alpha value is -3.09. The molecule has 0 fully saturated rings. The molecular formula is C21H25NO6. The molecule has 150 valence electrons. The molecule has 0 aliphatic rings. The van der Waals surface area contributed by atoms with Crippen molar-refractivity contribution >= 4 is 17.5 Å². The number of ether oxygens (including phenoxy) is 3. The molecule has 0 aliphatic carbocycles. The van der Waals surface area contributed by atoms with Crippen molar-refractivity contribution < 1.29 is 28.6 Å². The lowest BCUT2D eigenvalue weighted by Crippen LogP contribution is -2.26. The van der Waals surface area contributed by atoms with Crippen LogP contribution in [0.3, 0.4) is 0 Å². The Morgan fingerprint density at radius 3 is 2.25 bits per heavy atom. The number of aryl methyl sites for hydroxylation is 1. The molecule has 0 saturated heterocycles. The van der Waals surface area contributed by atoms with Crippen LogP contribution in [0.5, 0.6) is 11.5 Å². The number of hydrogen-bond donors (Lipinski definition) is 1. The molecule has 0 amide bonds. The van der Waals surface area contributed by atoms with Gasteiger partial charge in [-0.05, 0) is 51.0 Å². The quantitative estimate of drug-likeness (QED) is 0.552. The average molecular weight is 387 g/mol. The molecule has 0 radical (unpaired) electrons. The molecule has 0 spiro atoms. The number of aromatic nitrogens is 1. The van der Waals surface area contributed by atoms with Crippen LogP contribution in [0.2, 0.25) is 0 Å². The minimum Gasteiger partial charge on any atom is -0.493 e. The molecule has 7 heteroatoms. The number of H-pyrrole nitrogens is 1. The maximum atomic E-state index is 12.7. The van der Waals surface area contributed by atoms with Crippen molar-refractivity contribution in [2.24, 2.45) is 0 Å². The highest BCUT2D eigenvalue weighted by atomic mass is 16.5. The molecule has 2 rings (SSSR count). The minimum absolute atomic E-state index is 0.0145. The lowest BCUT2D eigenvalue weighted by molar-refractivity contribution is -0.145. The van der Waals surface area contributed by atoms with E-state index in [4.69, 9.17) is 14.2 Å². The third-order valence-corrected chi connectivity index (χ3v) is 4.51. The van der Waals surface area contributed by atoms with Crippen molar-refractivity contribution in [2.45, 2.75) is 40.2 Å². The lowest BCUT2D eigenvalue weighted by Gasteiger charge is -2.13. The summed E-state index contributed by atoms with van der Waals surface area (Å²) in [6, 6.07) is 5.11. The van der Waals surface area contributed by atoms with E-state index in [2.05, 4.69) is 4.98 Å². The van der Waals surface area contributed by atoms with Crippen LogP contribution in [0.1, 0.15) is 51.5 Å². The minimum atomic E-state index is -0.982. The number of hydrogen-bond acceptors (Lipinski definition) is 6. The maximum absolute atomic E-state index is 12.7. The van der Waals surface area contributed by atoms with Crippen LogP contribution in [0, 0.1) is 13.8 Å². The number of carbonyl (C=O) groups is 3. The second-order valence-electron chi connectivity index (χ2n) is 6.54. The number of benzene rings is 1. The fourth-order valence-corrected chi connectivity index (χ4v) is 3.18. The number of ketones is 2. The number of nitrogens with one attached hydrogen (secondary N) is 1. The molecule has 1 atom stereocenters. The first-order chi connectivity index (χ1) is 13.2. The first-order valence-electron chi connectivity index (χ1n) is 8.84. The van der Waals surface area contributed by atoms with Gasteiger partial charge in [-0.25, -0.2) is 0 Å². The normalized spacial score (nSPS) is 11.6. The van der Waals surface area contributed by atoms with Crippen molar-refractivity contribution in [3.8, 4) is 11.5 Å². The SMILES string of the molecule is COc1ccc(CC(=O)OC(C)C(=O)c2[nH]c(C)c(C(C)=O)c2C)cc1OC. The summed E-state index contributed by atoms with van der Waals surface area (Å²) in [6.45, 7) is 6.39. The third-order valence-electron chi connectivity index (χ3n) is 4.51. The summed E-state index contributed by atoms with van der Waals surface area (Å²) in [5, 5.41) is 0. The second kappa shape index (κ2) is 8.73. The van der Waals surface area contributed by atoms with Gasteiger partial charge < -0.3 is 19.2 Å². The van der Waals surface area contributed by atoms with E-state index in [0.717, 1.165) is 0 Å². The average Bonchev–Trinajstić information content (AvgIpc) is 2.94. The van der Waals surface area contributed by atoms with E-state index < -0.39 is 12.1 Å². The number of esters is 1. The molecule has 7 nitrogen and oxygen atoms in total. The van der Waals surface area contributed by atoms with Gasteiger partial charge in [0.1, 0.15) is 0 Å². The van der Waals surface area contributed by atoms with Gasteiger partial charge in [-0.1, -0.05) is 6.07 Å². The van der Waals surface area contributed by atoms with Crippen LogP contribution in [0.15, 0.2) is 18.2 Å². The van der Waals surface area contributed by atoms with Crippen molar-refractivity contribution in [3.05, 3.63) is 46.3 Å². The summed E-state index contributed by atoms with van der Waals surface area (Å²) in [5.41, 5.74) is 2.64. The van der Waals surface area contributed by atoms with Crippen LogP contribution < -0.4 is 9.47 Å². The molecule has 2 aromatic rings. The molecule has 1 N–H and O–H groups in total. The first-order valence-corrected chi connectivity index (χ1v) is 8.84. The second-order valence-corrected chi connectivity index (χ2v) is 6.54. The van der Waals surface area contributed by atoms with E-state index in [9.17, 15) is 14.4 Å². The summed E-state index contributed by atoms with van der Waals surface area (Å²) in [7, 11) is 3.04. The monoisotopic (exact) mass is 387 g/mol. The highest BCUT2D eigenvalue weighted by Gasteiger charge is 2.26. The van der Waals surface area contributed by atoms with Gasteiger partial charge in [0.25, 0.3) is 0 Å². The molecule has 1 heterocycles. The van der Waals surface area contributed by atoms with Gasteiger partial charge in [0.15, 0.2) is 23.4 Å². The standard InChI is InChI=1S/C21H25NO6/c1-11-19(13(3)23)12(2)22-20(11)21(25)14(4)28-18(24)10-15-7-8-16(26-5)17(9-15)27-6/h7-9,14,22H,10H2,1-6H3. The number of methoxy groups -OCH3 is 2. The lowest BCUT2D eigenvalue weighted by atomic mass is 10.0. The van der Waals surface area contributed by atoms with Crippen LogP contribution in [-0.4, -0.2) is 42.8 Å². The molecular weight excluding hydrogens is 362 g/mol. The molecule has 1 aromatic carbocycles. The van der Waals surface area contributed by atoms with Crippen molar-refractivity contribution in [2.75, 3.05) is 14.2 Å². The highest BCUT2D eigenvalue weighted by Crippen LogP contribution is 2.28. The summed E-state index contributed by atoms with van der Waals surface area (Å²) >= 11 is 0. The predicted octanol–water partition coefficient (Wildman–Crippen LogP) is 3.21. The van der Waals surface area contributed by atoms with E-state index in [-0.39, 0.29) is 23.7 Å². The Bertz CT molecular complexity index is 912. The predicted molar refractivity (Wildman–Crippen MR) is 103 cm³/mol. The van der Waals surface area contributed by atoms with Gasteiger partial charge in [0, 0.05) is 11.3 Å². The molecule has 0 saturated carbocycles. The maximum Gasteiger partial charge on any atom is 0.310 e. The van der Waals surface area contributed by atoms with E-state index in [1.165, 1.54) is 28.1 Å². The van der Waals surface area contributed by atoms with Gasteiger partial charge in [-0.3, -0.25) is 14.4 Å². The Balaban J connectivity index is 2.09. The van der Waals surface area contributed by atoms with Crippen LogP contribution in [-0.2, 0) is 16.0 Å². The van der Waals surface area contributed by atoms with Gasteiger partial charge in [0.05, 0.1) is 26.3 Å². The van der Waals surface area contributed by atoms with Gasteiger partial charge in [-0.15, -0.1) is 0 Å². The third kappa shape index (κ3) is 4.42. The van der Waals surface area contributed by atoms with Crippen LogP contribution in [0.25, 0.3) is 0 Å². The number of Topliss-reactive ketones (excluding diaryl/α,β-unsaturated/α-hetero) is 2. The van der Waals surface area contributed by atoms with Crippen LogP contribution >= 0.6 is 0 Å². The zero-order chi connectivity index (χ0) is 21.0. The molecule has 28 heavy (non-hydrogen) atoms. The number of rotatable bonds is 8. The molecule has 0 aliphatic heterocycles. The topological polar surface area (TPSA) is 94.7 Å². The van der Waals surface area contributed by atoms with Gasteiger partial charge in [-0.2, -0.15) is 0 Å². The summed E-state index contributed by atoms with van der Waals surface area (Å²) in [4.78, 5) is 39.6. The van der Waals surface area contributed by atoms with Gasteiger partial charge >= 0.3 is 5.97 Å². The van der Waals surface area contributed by atoms with Crippen LogP contribution in [0.4, 0.5) is 0 Å². The Labute approximate surface area is 164 Å². The Kier molecular flexibility index (Phi) is 6.62. The number of aromatic amines is 1. The Morgan fingerprint density at radius 2 is 1.71 bits per heavy atom. The van der Waals surface area contributed by atoms with E-state index >= 15 is 0 Å². The first kappa shape index (κ1) is 21.2. The van der Waals surface area contributed by atoms with Crippen molar-refractivity contribution in [1.29, 1.82) is 0 Å².